The summed E-state index contributed by atoms with van der Waals surface area (Å²) < 4.78 is 17.5. The Balaban J connectivity index is 1.66. The number of ether oxygens (including phenoxy) is 1. The molecule has 2 atom stereocenters. The zero-order valence-corrected chi connectivity index (χ0v) is 11.6. The van der Waals surface area contributed by atoms with E-state index in [1.807, 2.05) is 0 Å². The summed E-state index contributed by atoms with van der Waals surface area (Å²) in [6, 6.07) is 0. The molecule has 0 aromatic rings. The van der Waals surface area contributed by atoms with Crippen molar-refractivity contribution in [2.45, 2.75) is 55.4 Å². The van der Waals surface area contributed by atoms with Crippen LogP contribution in [0.15, 0.2) is 0 Å². The van der Waals surface area contributed by atoms with Crippen molar-refractivity contribution in [2.24, 2.45) is 11.8 Å². The highest BCUT2D eigenvalue weighted by molar-refractivity contribution is 7.86. The predicted molar refractivity (Wildman–Crippen MR) is 70.8 cm³/mol. The molecule has 2 bridgehead atoms. The fourth-order valence-electron chi connectivity index (χ4n) is 3.78. The molecule has 0 aliphatic carbocycles. The first-order valence-electron chi connectivity index (χ1n) is 7.26. The molecule has 0 saturated carbocycles. The Morgan fingerprint density at radius 3 is 2.17 bits per heavy atom. The van der Waals surface area contributed by atoms with Crippen LogP contribution < -0.4 is 0 Å². The molecule has 0 amide bonds. The number of hydrogen-bond acceptors (Lipinski definition) is 3. The van der Waals surface area contributed by atoms with E-state index in [0.29, 0.717) is 16.3 Å². The van der Waals surface area contributed by atoms with E-state index < -0.39 is 10.8 Å². The molecular formula is C14H22O3S. The molecule has 3 saturated heterocycles. The Morgan fingerprint density at radius 1 is 0.944 bits per heavy atom. The van der Waals surface area contributed by atoms with Gasteiger partial charge in [-0.15, -0.1) is 0 Å². The minimum absolute atomic E-state index is 0.195. The second kappa shape index (κ2) is 5.41. The number of Topliss-reactive ketones (excluding diaryl/α,β-unsaturated/α-hetero) is 1. The molecule has 0 spiro atoms. The van der Waals surface area contributed by atoms with Crippen molar-refractivity contribution in [3.63, 3.8) is 0 Å². The van der Waals surface area contributed by atoms with E-state index in [1.54, 1.807) is 0 Å². The van der Waals surface area contributed by atoms with E-state index >= 15 is 0 Å². The van der Waals surface area contributed by atoms with Gasteiger partial charge < -0.3 is 4.74 Å². The molecular weight excluding hydrogens is 248 g/mol. The second-order valence-corrected chi connectivity index (χ2v) is 7.95. The Bertz CT molecular complexity index is 333. The van der Waals surface area contributed by atoms with E-state index in [2.05, 4.69) is 0 Å². The molecule has 3 fully saturated rings. The third-order valence-electron chi connectivity index (χ3n) is 4.83. The normalized spacial score (nSPS) is 41.6. The third kappa shape index (κ3) is 2.42. The molecule has 0 radical (unpaired) electrons. The van der Waals surface area contributed by atoms with E-state index in [9.17, 15) is 9.00 Å². The molecule has 3 aliphatic rings. The van der Waals surface area contributed by atoms with Gasteiger partial charge in [0.15, 0.2) is 0 Å². The largest absolute Gasteiger partial charge is 0.381 e. The molecule has 3 heterocycles. The number of carbonyl (C=O) groups is 1. The molecule has 3 nitrogen and oxygen atoms in total. The maximum Gasteiger partial charge on any atom is 0.139 e. The van der Waals surface area contributed by atoms with Crippen LogP contribution in [-0.2, 0) is 20.3 Å². The van der Waals surface area contributed by atoms with Crippen LogP contribution in [-0.4, -0.2) is 33.7 Å². The van der Waals surface area contributed by atoms with Crippen molar-refractivity contribution in [3.05, 3.63) is 0 Å². The second-order valence-electron chi connectivity index (χ2n) is 5.96. The zero-order valence-electron chi connectivity index (χ0n) is 10.8. The summed E-state index contributed by atoms with van der Waals surface area (Å²) in [6.45, 7) is 1.48. The average molecular weight is 270 g/mol. The van der Waals surface area contributed by atoms with Crippen LogP contribution in [0.2, 0.25) is 0 Å². The zero-order chi connectivity index (χ0) is 12.5. The Morgan fingerprint density at radius 2 is 1.56 bits per heavy atom. The van der Waals surface area contributed by atoms with Crippen LogP contribution in [0.3, 0.4) is 0 Å². The van der Waals surface area contributed by atoms with Gasteiger partial charge in [0, 0.05) is 46.3 Å². The lowest BCUT2D eigenvalue weighted by molar-refractivity contribution is -0.130. The first-order chi connectivity index (χ1) is 8.75. The summed E-state index contributed by atoms with van der Waals surface area (Å²) in [7, 11) is -0.655. The lowest BCUT2D eigenvalue weighted by Gasteiger charge is -2.39. The number of carbonyl (C=O) groups excluding carboxylic acids is 1. The van der Waals surface area contributed by atoms with E-state index in [4.69, 9.17) is 4.74 Å². The average Bonchev–Trinajstić information content (AvgIpc) is 2.38. The van der Waals surface area contributed by atoms with Gasteiger partial charge in [-0.3, -0.25) is 9.00 Å². The van der Waals surface area contributed by atoms with Crippen LogP contribution >= 0.6 is 0 Å². The molecule has 0 N–H and O–H groups in total. The van der Waals surface area contributed by atoms with Crippen molar-refractivity contribution < 1.29 is 13.7 Å². The molecule has 0 aromatic carbocycles. The maximum atomic E-state index is 12.5. The molecule has 3 aliphatic heterocycles. The highest BCUT2D eigenvalue weighted by Gasteiger charge is 2.41. The summed E-state index contributed by atoms with van der Waals surface area (Å²) in [6.07, 6.45) is 6.92. The molecule has 102 valence electrons. The standard InChI is InChI=1S/C14H22O3S/c15-14(10-4-6-17-7-5-10)11-8-12-2-1-3-13(9-11)18(12)16/h10-13H,1-9H2. The van der Waals surface area contributed by atoms with Gasteiger partial charge >= 0.3 is 0 Å². The van der Waals surface area contributed by atoms with Gasteiger partial charge in [0.2, 0.25) is 0 Å². The predicted octanol–water partition coefficient (Wildman–Crippen LogP) is 2.06. The van der Waals surface area contributed by atoms with Gasteiger partial charge in [0.05, 0.1) is 0 Å². The van der Waals surface area contributed by atoms with Gasteiger partial charge in [-0.05, 0) is 38.5 Å². The molecule has 4 heteroatoms. The van der Waals surface area contributed by atoms with Gasteiger partial charge in [-0.2, -0.15) is 0 Å². The minimum atomic E-state index is -0.655. The number of hydrogen-bond donors (Lipinski definition) is 0. The summed E-state index contributed by atoms with van der Waals surface area (Å²) in [5.41, 5.74) is 0. The summed E-state index contributed by atoms with van der Waals surface area (Å²) in [5, 5.41) is 0.623. The monoisotopic (exact) mass is 270 g/mol. The summed E-state index contributed by atoms with van der Waals surface area (Å²) in [5.74, 6) is 0.865. The van der Waals surface area contributed by atoms with E-state index in [0.717, 1.165) is 51.7 Å². The minimum Gasteiger partial charge on any atom is -0.381 e. The molecule has 18 heavy (non-hydrogen) atoms. The van der Waals surface area contributed by atoms with Crippen LogP contribution in [0, 0.1) is 11.8 Å². The van der Waals surface area contributed by atoms with Crippen molar-refractivity contribution in [1.82, 2.24) is 0 Å². The summed E-state index contributed by atoms with van der Waals surface area (Å²) in [4.78, 5) is 12.5. The fourth-order valence-corrected chi connectivity index (χ4v) is 5.97. The Kier molecular flexibility index (Phi) is 3.85. The molecule has 3 rings (SSSR count). The molecule has 0 aromatic heterocycles. The van der Waals surface area contributed by atoms with Crippen molar-refractivity contribution >= 4 is 16.6 Å². The maximum absolute atomic E-state index is 12.5. The number of fused-ring (bicyclic) bond motifs is 2. The SMILES string of the molecule is O=C(C1CCOCC1)C1CC2CCCC(C1)S2=O. The van der Waals surface area contributed by atoms with E-state index in [1.165, 1.54) is 6.42 Å². The lowest BCUT2D eigenvalue weighted by Crippen LogP contribution is -2.43. The Hall–Kier alpha value is -0.220. The summed E-state index contributed by atoms with van der Waals surface area (Å²) >= 11 is 0. The third-order valence-corrected chi connectivity index (χ3v) is 7.00. The number of rotatable bonds is 2. The Labute approximate surface area is 111 Å². The molecule has 2 unspecified atom stereocenters. The highest BCUT2D eigenvalue weighted by atomic mass is 32.2. The van der Waals surface area contributed by atoms with Crippen LogP contribution in [0.5, 0.6) is 0 Å². The van der Waals surface area contributed by atoms with Gasteiger partial charge in [-0.1, -0.05) is 6.42 Å². The first-order valence-corrected chi connectivity index (χ1v) is 8.54. The van der Waals surface area contributed by atoms with Crippen LogP contribution in [0.4, 0.5) is 0 Å². The van der Waals surface area contributed by atoms with Gasteiger partial charge in [-0.25, -0.2) is 0 Å². The van der Waals surface area contributed by atoms with Crippen LogP contribution in [0.1, 0.15) is 44.9 Å². The van der Waals surface area contributed by atoms with Gasteiger partial charge in [0.25, 0.3) is 0 Å². The highest BCUT2D eigenvalue weighted by Crippen LogP contribution is 2.39. The topological polar surface area (TPSA) is 43.4 Å². The van der Waals surface area contributed by atoms with Crippen molar-refractivity contribution in [3.8, 4) is 0 Å². The fraction of sp³-hybridized carbons (Fsp3) is 0.929. The lowest BCUT2D eigenvalue weighted by atomic mass is 9.80. The van der Waals surface area contributed by atoms with E-state index in [-0.39, 0.29) is 11.8 Å². The van der Waals surface area contributed by atoms with Gasteiger partial charge in [0.1, 0.15) is 5.78 Å². The quantitative estimate of drug-likeness (QED) is 0.771. The van der Waals surface area contributed by atoms with Crippen molar-refractivity contribution in [2.75, 3.05) is 13.2 Å². The van der Waals surface area contributed by atoms with Crippen molar-refractivity contribution in [1.29, 1.82) is 0 Å². The smallest absolute Gasteiger partial charge is 0.139 e. The van der Waals surface area contributed by atoms with Crippen LogP contribution in [0.25, 0.3) is 0 Å². The number of ketones is 1. The first kappa shape index (κ1) is 12.8.